The van der Waals surface area contributed by atoms with Crippen molar-refractivity contribution in [3.63, 3.8) is 0 Å². The van der Waals surface area contributed by atoms with Gasteiger partial charge in [0.25, 0.3) is 0 Å². The first-order valence-corrected chi connectivity index (χ1v) is 12.1. The number of anilines is 2. The van der Waals surface area contributed by atoms with Crippen LogP contribution in [0.15, 0.2) is 24.4 Å². The molecule has 2 saturated heterocycles. The van der Waals surface area contributed by atoms with Gasteiger partial charge < -0.3 is 20.2 Å². The number of aliphatic hydroxyl groups is 1. The SMILES string of the molecule is CC(Nc1nc(N2CC(C3CCCN(CCO)C3)C2)ncc1C(F)(F)F)c1ccc(Cl)cc1Cl. The van der Waals surface area contributed by atoms with Crippen LogP contribution < -0.4 is 10.2 Å². The molecule has 0 bridgehead atoms. The smallest absolute Gasteiger partial charge is 0.395 e. The number of nitrogens with zero attached hydrogens (tertiary/aromatic N) is 4. The number of rotatable bonds is 7. The summed E-state index contributed by atoms with van der Waals surface area (Å²) < 4.78 is 41.0. The molecular formula is C23H28Cl2F3N5O. The number of hydrogen-bond acceptors (Lipinski definition) is 6. The van der Waals surface area contributed by atoms with Crippen molar-refractivity contribution in [2.75, 3.05) is 49.5 Å². The van der Waals surface area contributed by atoms with Crippen LogP contribution in [0, 0.1) is 11.8 Å². The molecule has 186 valence electrons. The van der Waals surface area contributed by atoms with Crippen molar-refractivity contribution < 1.29 is 18.3 Å². The molecule has 0 spiro atoms. The fourth-order valence-electron chi connectivity index (χ4n) is 4.77. The van der Waals surface area contributed by atoms with Crippen LogP contribution in [0.2, 0.25) is 10.0 Å². The van der Waals surface area contributed by atoms with Gasteiger partial charge in [0.15, 0.2) is 0 Å². The van der Waals surface area contributed by atoms with E-state index >= 15 is 0 Å². The summed E-state index contributed by atoms with van der Waals surface area (Å²) in [5.74, 6) is 0.960. The number of aromatic nitrogens is 2. The van der Waals surface area contributed by atoms with Gasteiger partial charge in [0.1, 0.15) is 11.4 Å². The monoisotopic (exact) mass is 517 g/mol. The molecule has 2 aromatic rings. The van der Waals surface area contributed by atoms with E-state index in [4.69, 9.17) is 23.2 Å². The Balaban J connectivity index is 1.48. The summed E-state index contributed by atoms with van der Waals surface area (Å²) in [6, 6.07) is 4.35. The molecule has 2 aliphatic heterocycles. The number of likely N-dealkylation sites (tertiary alicyclic amines) is 1. The number of halogens is 5. The van der Waals surface area contributed by atoms with E-state index in [0.29, 0.717) is 47.1 Å². The molecule has 1 aromatic heterocycles. The first-order chi connectivity index (χ1) is 16.2. The van der Waals surface area contributed by atoms with E-state index < -0.39 is 17.8 Å². The zero-order valence-corrected chi connectivity index (χ0v) is 20.3. The first-order valence-electron chi connectivity index (χ1n) is 11.4. The standard InChI is InChI=1S/C23H28Cl2F3N5O/c1-14(18-5-4-17(24)9-20(18)25)30-21-19(23(26,27)28)10-29-22(31-21)33-12-16(13-33)15-3-2-6-32(11-15)7-8-34/h4-5,9-10,14-16,34H,2-3,6-8,11-13H2,1H3,(H,29,30,31). The Morgan fingerprint density at radius 2 is 1.97 bits per heavy atom. The molecule has 0 saturated carbocycles. The van der Waals surface area contributed by atoms with Crippen LogP contribution in [-0.2, 0) is 6.18 Å². The highest BCUT2D eigenvalue weighted by atomic mass is 35.5. The minimum atomic E-state index is -4.60. The van der Waals surface area contributed by atoms with Crippen molar-refractivity contribution >= 4 is 35.0 Å². The lowest BCUT2D eigenvalue weighted by molar-refractivity contribution is -0.137. The van der Waals surface area contributed by atoms with Gasteiger partial charge in [-0.25, -0.2) is 4.98 Å². The third-order valence-corrected chi connectivity index (χ3v) is 7.24. The van der Waals surface area contributed by atoms with Gasteiger partial charge in [0.05, 0.1) is 12.6 Å². The van der Waals surface area contributed by atoms with Crippen molar-refractivity contribution in [1.29, 1.82) is 0 Å². The van der Waals surface area contributed by atoms with Crippen LogP contribution >= 0.6 is 23.2 Å². The number of aliphatic hydroxyl groups excluding tert-OH is 1. The van der Waals surface area contributed by atoms with Gasteiger partial charge in [-0.3, -0.25) is 0 Å². The van der Waals surface area contributed by atoms with Gasteiger partial charge in [0, 0.05) is 42.4 Å². The van der Waals surface area contributed by atoms with Crippen LogP contribution in [0.4, 0.5) is 24.9 Å². The van der Waals surface area contributed by atoms with E-state index in [2.05, 4.69) is 20.2 Å². The molecule has 1 aromatic carbocycles. The van der Waals surface area contributed by atoms with Crippen LogP contribution in [0.25, 0.3) is 0 Å². The molecule has 2 unspecified atom stereocenters. The minimum absolute atomic E-state index is 0.151. The minimum Gasteiger partial charge on any atom is -0.395 e. The summed E-state index contributed by atoms with van der Waals surface area (Å²) in [6.07, 6.45) is -1.53. The van der Waals surface area contributed by atoms with E-state index in [-0.39, 0.29) is 18.4 Å². The lowest BCUT2D eigenvalue weighted by atomic mass is 9.81. The molecule has 2 aliphatic rings. The van der Waals surface area contributed by atoms with Crippen molar-refractivity contribution in [1.82, 2.24) is 14.9 Å². The summed E-state index contributed by atoms with van der Waals surface area (Å²) in [5.41, 5.74) is -0.301. The average Bonchev–Trinajstić information content (AvgIpc) is 2.72. The molecule has 0 radical (unpaired) electrons. The first kappa shape index (κ1) is 25.3. The average molecular weight is 518 g/mol. The molecule has 4 rings (SSSR count). The summed E-state index contributed by atoms with van der Waals surface area (Å²) in [4.78, 5) is 12.5. The maximum atomic E-state index is 13.7. The Labute approximate surface area is 207 Å². The van der Waals surface area contributed by atoms with E-state index in [9.17, 15) is 18.3 Å². The summed E-state index contributed by atoms with van der Waals surface area (Å²) in [6.45, 7) is 5.91. The molecule has 0 aliphatic carbocycles. The highest BCUT2D eigenvalue weighted by Crippen LogP contribution is 2.38. The quantitative estimate of drug-likeness (QED) is 0.531. The molecule has 34 heavy (non-hydrogen) atoms. The molecule has 6 nitrogen and oxygen atoms in total. The van der Waals surface area contributed by atoms with Crippen LogP contribution in [0.3, 0.4) is 0 Å². The molecular weight excluding hydrogens is 490 g/mol. The Morgan fingerprint density at radius 3 is 2.65 bits per heavy atom. The van der Waals surface area contributed by atoms with Gasteiger partial charge in [-0.2, -0.15) is 18.2 Å². The Morgan fingerprint density at radius 1 is 1.21 bits per heavy atom. The second-order valence-electron chi connectivity index (χ2n) is 9.05. The van der Waals surface area contributed by atoms with Crippen LogP contribution in [0.5, 0.6) is 0 Å². The highest BCUT2D eigenvalue weighted by Gasteiger charge is 2.39. The summed E-state index contributed by atoms with van der Waals surface area (Å²) >= 11 is 12.2. The second kappa shape index (κ2) is 10.4. The molecule has 11 heteroatoms. The summed E-state index contributed by atoms with van der Waals surface area (Å²) in [5, 5.41) is 12.9. The fraction of sp³-hybridized carbons (Fsp3) is 0.565. The summed E-state index contributed by atoms with van der Waals surface area (Å²) in [7, 11) is 0. The Kier molecular flexibility index (Phi) is 7.76. The van der Waals surface area contributed by atoms with Gasteiger partial charge in [-0.05, 0) is 55.8 Å². The van der Waals surface area contributed by atoms with Crippen molar-refractivity contribution in [2.45, 2.75) is 32.0 Å². The Bertz CT molecular complexity index is 1000. The van der Waals surface area contributed by atoms with E-state index in [0.717, 1.165) is 32.1 Å². The Hall–Kier alpha value is -1.81. The lowest BCUT2D eigenvalue weighted by Gasteiger charge is -2.46. The zero-order chi connectivity index (χ0) is 24.5. The maximum absolute atomic E-state index is 13.7. The van der Waals surface area contributed by atoms with Gasteiger partial charge in [-0.15, -0.1) is 0 Å². The largest absolute Gasteiger partial charge is 0.421 e. The van der Waals surface area contributed by atoms with E-state index in [1.54, 1.807) is 25.1 Å². The maximum Gasteiger partial charge on any atom is 0.421 e. The zero-order valence-electron chi connectivity index (χ0n) is 18.8. The topological polar surface area (TPSA) is 64.5 Å². The highest BCUT2D eigenvalue weighted by molar-refractivity contribution is 6.35. The van der Waals surface area contributed by atoms with Crippen molar-refractivity contribution in [2.24, 2.45) is 11.8 Å². The van der Waals surface area contributed by atoms with E-state index in [1.807, 2.05) is 4.90 Å². The van der Waals surface area contributed by atoms with Crippen molar-refractivity contribution in [3.05, 3.63) is 45.6 Å². The third kappa shape index (κ3) is 5.70. The number of hydrogen-bond donors (Lipinski definition) is 2. The second-order valence-corrected chi connectivity index (χ2v) is 9.90. The molecule has 2 fully saturated rings. The lowest BCUT2D eigenvalue weighted by Crippen LogP contribution is -2.54. The molecule has 3 heterocycles. The van der Waals surface area contributed by atoms with Crippen LogP contribution in [0.1, 0.15) is 36.9 Å². The number of alkyl halides is 3. The number of piperidine rings is 1. The van der Waals surface area contributed by atoms with Gasteiger partial charge >= 0.3 is 6.18 Å². The van der Waals surface area contributed by atoms with Gasteiger partial charge in [0.2, 0.25) is 5.95 Å². The normalized spacial score (nSPS) is 20.8. The third-order valence-electron chi connectivity index (χ3n) is 6.68. The number of β-amino-alcohol motifs (C(OH)–C–C–N with tert-alkyl or cyclic N) is 1. The fourth-order valence-corrected chi connectivity index (χ4v) is 5.34. The predicted octanol–water partition coefficient (Wildman–Crippen LogP) is 5.12. The molecule has 2 atom stereocenters. The molecule has 2 N–H and O–H groups in total. The number of nitrogens with one attached hydrogen (secondary N) is 1. The molecule has 0 amide bonds. The predicted molar refractivity (Wildman–Crippen MR) is 127 cm³/mol. The number of benzene rings is 1. The van der Waals surface area contributed by atoms with Gasteiger partial charge in [-0.1, -0.05) is 29.3 Å². The van der Waals surface area contributed by atoms with Crippen molar-refractivity contribution in [3.8, 4) is 0 Å². The van der Waals surface area contributed by atoms with Crippen LogP contribution in [-0.4, -0.2) is 59.3 Å². The van der Waals surface area contributed by atoms with E-state index in [1.165, 1.54) is 0 Å².